The molecule has 2 heterocycles. The van der Waals surface area contributed by atoms with Crippen LogP contribution in [0.3, 0.4) is 0 Å². The third kappa shape index (κ3) is 4.63. The molecule has 4 rings (SSSR count). The Morgan fingerprint density at radius 1 is 1.22 bits per heavy atom. The summed E-state index contributed by atoms with van der Waals surface area (Å²) in [7, 11) is 0. The lowest BCUT2D eigenvalue weighted by Crippen LogP contribution is -2.07. The highest BCUT2D eigenvalue weighted by Gasteiger charge is 2.34. The molecule has 0 fully saturated rings. The second-order valence-corrected chi connectivity index (χ2v) is 8.89. The first-order chi connectivity index (χ1) is 15.1. The van der Waals surface area contributed by atoms with Gasteiger partial charge in [-0.1, -0.05) is 12.1 Å². The molecule has 0 aliphatic heterocycles. The summed E-state index contributed by atoms with van der Waals surface area (Å²) in [5.74, 6) is -1.78. The average molecular weight is 482 g/mol. The first kappa shape index (κ1) is 22.3. The molecule has 1 N–H and O–H groups in total. The molecule has 0 radical (unpaired) electrons. The molecule has 0 bridgehead atoms. The molecule has 4 aromatic rings. The van der Waals surface area contributed by atoms with Crippen LogP contribution in [0.4, 0.5) is 17.6 Å². The maximum atomic E-state index is 13.9. The van der Waals surface area contributed by atoms with Gasteiger partial charge >= 0.3 is 12.1 Å². The van der Waals surface area contributed by atoms with E-state index in [-0.39, 0.29) is 17.9 Å². The molecule has 2 aromatic heterocycles. The van der Waals surface area contributed by atoms with Crippen LogP contribution < -0.4 is 0 Å². The average Bonchev–Trinajstić information content (AvgIpc) is 3.27. The second kappa shape index (κ2) is 8.55. The second-order valence-electron chi connectivity index (χ2n) is 6.79. The van der Waals surface area contributed by atoms with Gasteiger partial charge in [0.2, 0.25) is 5.89 Å². The summed E-state index contributed by atoms with van der Waals surface area (Å²) < 4.78 is 57.8. The van der Waals surface area contributed by atoms with E-state index in [2.05, 4.69) is 9.97 Å². The fraction of sp³-hybridized carbons (Fsp3) is 0.190. The van der Waals surface area contributed by atoms with E-state index in [1.54, 1.807) is 19.1 Å². The van der Waals surface area contributed by atoms with Crippen molar-refractivity contribution in [1.29, 1.82) is 0 Å². The summed E-state index contributed by atoms with van der Waals surface area (Å²) in [6, 6.07) is 8.08. The van der Waals surface area contributed by atoms with Crippen molar-refractivity contribution < 1.29 is 31.9 Å². The van der Waals surface area contributed by atoms with Crippen molar-refractivity contribution in [3.8, 4) is 10.6 Å². The van der Waals surface area contributed by atoms with Crippen molar-refractivity contribution in [2.24, 2.45) is 0 Å². The van der Waals surface area contributed by atoms with Crippen LogP contribution in [0, 0.1) is 12.7 Å². The Hall–Kier alpha value is -2.92. The number of hydrogen-bond donors (Lipinski definition) is 1. The number of rotatable bonds is 6. The lowest BCUT2D eigenvalue weighted by atomic mass is 10.1. The normalized spacial score (nSPS) is 11.9. The number of nitrogens with zero attached hydrogens (tertiary/aromatic N) is 2. The molecule has 0 amide bonds. The summed E-state index contributed by atoms with van der Waals surface area (Å²) >= 11 is 2.72. The van der Waals surface area contributed by atoms with E-state index >= 15 is 0 Å². The van der Waals surface area contributed by atoms with Crippen LogP contribution in [-0.4, -0.2) is 21.0 Å². The Bertz CT molecular complexity index is 1310. The number of alkyl halides is 3. The molecule has 0 saturated carbocycles. The smallest absolute Gasteiger partial charge is 0.419 e. The summed E-state index contributed by atoms with van der Waals surface area (Å²) in [5, 5.41) is 9.35. The van der Waals surface area contributed by atoms with Gasteiger partial charge in [0.05, 0.1) is 11.3 Å². The zero-order valence-electron chi connectivity index (χ0n) is 16.4. The molecule has 0 aliphatic rings. The van der Waals surface area contributed by atoms with E-state index in [0.29, 0.717) is 27.6 Å². The maximum Gasteiger partial charge on any atom is 0.419 e. The van der Waals surface area contributed by atoms with Crippen molar-refractivity contribution in [3.63, 3.8) is 0 Å². The Labute approximate surface area is 187 Å². The fourth-order valence-electron chi connectivity index (χ4n) is 3.00. The van der Waals surface area contributed by atoms with Crippen LogP contribution >= 0.6 is 23.1 Å². The molecule has 0 saturated heterocycles. The Morgan fingerprint density at radius 3 is 2.69 bits per heavy atom. The van der Waals surface area contributed by atoms with Crippen molar-refractivity contribution in [2.45, 2.75) is 30.2 Å². The van der Waals surface area contributed by atoms with Crippen LogP contribution in [0.15, 0.2) is 45.7 Å². The molecule has 0 unspecified atom stereocenters. The van der Waals surface area contributed by atoms with Crippen LogP contribution in [0.25, 0.3) is 21.7 Å². The summed E-state index contributed by atoms with van der Waals surface area (Å²) in [6.45, 7) is 1.78. The molecular formula is C21H14F4N2O3S2. The molecular weight excluding hydrogens is 468 g/mol. The van der Waals surface area contributed by atoms with Crippen LogP contribution in [0.2, 0.25) is 0 Å². The van der Waals surface area contributed by atoms with Crippen molar-refractivity contribution in [1.82, 2.24) is 9.97 Å². The molecule has 11 heteroatoms. The van der Waals surface area contributed by atoms with Crippen molar-refractivity contribution >= 4 is 40.2 Å². The minimum Gasteiger partial charge on any atom is -0.481 e. The van der Waals surface area contributed by atoms with Gasteiger partial charge in [-0.3, -0.25) is 4.79 Å². The number of hydrogen-bond acceptors (Lipinski definition) is 6. The van der Waals surface area contributed by atoms with E-state index in [0.717, 1.165) is 21.9 Å². The predicted octanol–water partition coefficient (Wildman–Crippen LogP) is 6.34. The number of aryl methyl sites for hydroxylation is 1. The number of aromatic nitrogens is 2. The van der Waals surface area contributed by atoms with Crippen LogP contribution in [0.5, 0.6) is 0 Å². The summed E-state index contributed by atoms with van der Waals surface area (Å²) in [4.78, 5) is 21.2. The molecule has 32 heavy (non-hydrogen) atoms. The quantitative estimate of drug-likeness (QED) is 0.255. The monoisotopic (exact) mass is 482 g/mol. The number of benzene rings is 2. The van der Waals surface area contributed by atoms with Gasteiger partial charge in [0.25, 0.3) is 0 Å². The zero-order chi connectivity index (χ0) is 23.0. The summed E-state index contributed by atoms with van der Waals surface area (Å²) in [5.41, 5.74) is 0.691. The summed E-state index contributed by atoms with van der Waals surface area (Å²) in [6.07, 6.45) is -5.07. The van der Waals surface area contributed by atoms with E-state index in [9.17, 15) is 22.4 Å². The number of carboxylic acid groups (broad SMARTS) is 1. The highest BCUT2D eigenvalue weighted by molar-refractivity contribution is 7.98. The molecule has 0 aliphatic carbocycles. The lowest BCUT2D eigenvalue weighted by Gasteiger charge is -2.08. The SMILES string of the molecule is Cc1nc(-c2ccc(C(F)(F)F)c(F)c2)sc1CSc1cccc2oc(CC(=O)O)nc12. The molecule has 0 spiro atoms. The van der Waals surface area contributed by atoms with E-state index in [1.165, 1.54) is 29.2 Å². The van der Waals surface area contributed by atoms with Gasteiger partial charge < -0.3 is 9.52 Å². The molecule has 166 valence electrons. The number of carbonyl (C=O) groups is 1. The first-order valence-electron chi connectivity index (χ1n) is 9.18. The highest BCUT2D eigenvalue weighted by atomic mass is 32.2. The van der Waals surface area contributed by atoms with E-state index < -0.39 is 23.5 Å². The van der Waals surface area contributed by atoms with Crippen molar-refractivity contribution in [3.05, 3.63) is 64.2 Å². The lowest BCUT2D eigenvalue weighted by molar-refractivity contribution is -0.140. The van der Waals surface area contributed by atoms with Gasteiger partial charge in [-0.25, -0.2) is 14.4 Å². The van der Waals surface area contributed by atoms with Gasteiger partial charge in [0.15, 0.2) is 5.58 Å². The minimum atomic E-state index is -4.75. The third-order valence-corrected chi connectivity index (χ3v) is 6.96. The highest BCUT2D eigenvalue weighted by Crippen LogP contribution is 2.37. The Morgan fingerprint density at radius 2 is 2.00 bits per heavy atom. The number of para-hydroxylation sites is 1. The zero-order valence-corrected chi connectivity index (χ0v) is 18.0. The Kier molecular flexibility index (Phi) is 5.95. The largest absolute Gasteiger partial charge is 0.481 e. The first-order valence-corrected chi connectivity index (χ1v) is 11.0. The van der Waals surface area contributed by atoms with Crippen molar-refractivity contribution in [2.75, 3.05) is 0 Å². The predicted molar refractivity (Wildman–Crippen MR) is 112 cm³/mol. The number of thiazole rings is 1. The number of thioether (sulfide) groups is 1. The van der Waals surface area contributed by atoms with Crippen LogP contribution in [-0.2, 0) is 23.1 Å². The van der Waals surface area contributed by atoms with E-state index in [4.69, 9.17) is 9.52 Å². The standard InChI is InChI=1S/C21H14F4N2O3S2/c1-10-16(32-20(26-10)11-5-6-12(13(22)7-11)21(23,24)25)9-31-15-4-2-3-14-19(15)27-17(30-14)8-18(28)29/h2-7H,8-9H2,1H3,(H,28,29). The number of aliphatic carboxylic acids is 1. The van der Waals surface area contributed by atoms with Gasteiger partial charge in [0.1, 0.15) is 22.8 Å². The van der Waals surface area contributed by atoms with Gasteiger partial charge in [-0.2, -0.15) is 13.2 Å². The minimum absolute atomic E-state index is 0.112. The number of halogens is 4. The molecule has 0 atom stereocenters. The fourth-order valence-corrected chi connectivity index (χ4v) is 5.22. The molecule has 5 nitrogen and oxygen atoms in total. The van der Waals surface area contributed by atoms with Crippen LogP contribution in [0.1, 0.15) is 22.0 Å². The topological polar surface area (TPSA) is 76.2 Å². The molecule has 2 aromatic carbocycles. The Balaban J connectivity index is 1.55. The third-order valence-electron chi connectivity index (χ3n) is 4.50. The van der Waals surface area contributed by atoms with Gasteiger partial charge in [-0.15, -0.1) is 23.1 Å². The van der Waals surface area contributed by atoms with E-state index in [1.807, 2.05) is 6.07 Å². The number of oxazole rings is 1. The van der Waals surface area contributed by atoms with Gasteiger partial charge in [0, 0.05) is 21.1 Å². The number of carboxylic acids is 1. The number of fused-ring (bicyclic) bond motifs is 1. The maximum absolute atomic E-state index is 13.9. The van der Waals surface area contributed by atoms with Gasteiger partial charge in [-0.05, 0) is 31.2 Å².